The van der Waals surface area contributed by atoms with Crippen molar-refractivity contribution in [3.05, 3.63) is 71.9 Å². The van der Waals surface area contributed by atoms with Crippen molar-refractivity contribution < 1.29 is 9.53 Å². The number of carbonyl (C=O) groups excluding carboxylic acids is 1. The molecule has 0 aliphatic heterocycles. The van der Waals surface area contributed by atoms with Crippen molar-refractivity contribution in [3.63, 3.8) is 0 Å². The Hall–Kier alpha value is -3.61. The molecule has 0 radical (unpaired) electrons. The van der Waals surface area contributed by atoms with Crippen LogP contribution in [0, 0.1) is 12.8 Å². The summed E-state index contributed by atoms with van der Waals surface area (Å²) < 4.78 is 5.42. The fourth-order valence-corrected chi connectivity index (χ4v) is 3.57. The predicted octanol–water partition coefficient (Wildman–Crippen LogP) is 4.91. The van der Waals surface area contributed by atoms with Crippen LogP contribution in [0.2, 0.25) is 0 Å². The smallest absolute Gasteiger partial charge is 0.246 e. The number of carbonyl (C=O) groups is 1. The Morgan fingerprint density at radius 1 is 1.03 bits per heavy atom. The standard InChI is InChI=1S/C26H33N5O2/c1-18(2)16-22(25(32)29-21-11-6-5-7-12-21)30-24-17-19(3)28-26(31-24)27-15-14-20-10-8-9-13-23(20)33-4/h5-13,17-18,22H,14-16H2,1-4H3,(H,29,32)(H2,27,28,30,31)/t22-/m0/s1. The maximum atomic E-state index is 13.0. The first kappa shape index (κ1) is 24.0. The molecule has 1 aromatic heterocycles. The Morgan fingerprint density at radius 3 is 2.48 bits per heavy atom. The molecule has 33 heavy (non-hydrogen) atoms. The second kappa shape index (κ2) is 11.9. The summed E-state index contributed by atoms with van der Waals surface area (Å²) in [5.41, 5.74) is 2.71. The molecular weight excluding hydrogens is 414 g/mol. The van der Waals surface area contributed by atoms with Crippen LogP contribution in [0.15, 0.2) is 60.7 Å². The molecule has 1 amide bonds. The number of para-hydroxylation sites is 2. The number of nitrogens with one attached hydrogen (secondary N) is 3. The Morgan fingerprint density at radius 2 is 1.76 bits per heavy atom. The molecule has 0 bridgehead atoms. The van der Waals surface area contributed by atoms with E-state index in [1.54, 1.807) is 7.11 Å². The summed E-state index contributed by atoms with van der Waals surface area (Å²) in [6.45, 7) is 6.77. The number of nitrogens with zero attached hydrogens (tertiary/aromatic N) is 2. The Kier molecular flexibility index (Phi) is 8.63. The van der Waals surface area contributed by atoms with E-state index in [0.717, 1.165) is 29.1 Å². The third-order valence-electron chi connectivity index (χ3n) is 5.11. The number of aryl methyl sites for hydroxylation is 1. The molecule has 1 atom stereocenters. The van der Waals surface area contributed by atoms with Gasteiger partial charge in [0.25, 0.3) is 0 Å². The van der Waals surface area contributed by atoms with Gasteiger partial charge in [0.15, 0.2) is 0 Å². The summed E-state index contributed by atoms with van der Waals surface area (Å²) in [5, 5.41) is 9.59. The topological polar surface area (TPSA) is 88.2 Å². The Bertz CT molecular complexity index is 1040. The normalized spacial score (nSPS) is 11.7. The number of anilines is 3. The van der Waals surface area contributed by atoms with Crippen LogP contribution in [0.5, 0.6) is 5.75 Å². The number of ether oxygens (including phenoxy) is 1. The van der Waals surface area contributed by atoms with Crippen LogP contribution >= 0.6 is 0 Å². The highest BCUT2D eigenvalue weighted by molar-refractivity contribution is 5.96. The van der Waals surface area contributed by atoms with Gasteiger partial charge in [0, 0.05) is 24.0 Å². The van der Waals surface area contributed by atoms with Crippen LogP contribution in [0.3, 0.4) is 0 Å². The second-order valence-corrected chi connectivity index (χ2v) is 8.39. The van der Waals surface area contributed by atoms with Gasteiger partial charge in [-0.25, -0.2) is 4.98 Å². The van der Waals surface area contributed by atoms with E-state index < -0.39 is 6.04 Å². The number of hydrogen-bond acceptors (Lipinski definition) is 6. The molecule has 2 aromatic carbocycles. The largest absolute Gasteiger partial charge is 0.496 e. The van der Waals surface area contributed by atoms with E-state index in [1.807, 2.05) is 67.6 Å². The van der Waals surface area contributed by atoms with Gasteiger partial charge >= 0.3 is 0 Å². The van der Waals surface area contributed by atoms with Crippen molar-refractivity contribution in [1.29, 1.82) is 0 Å². The van der Waals surface area contributed by atoms with Crippen LogP contribution in [0.4, 0.5) is 17.5 Å². The highest BCUT2D eigenvalue weighted by Gasteiger charge is 2.21. The van der Waals surface area contributed by atoms with Crippen molar-refractivity contribution in [3.8, 4) is 5.75 Å². The number of benzene rings is 2. The SMILES string of the molecule is COc1ccccc1CCNc1nc(C)cc(N[C@@H](CC(C)C)C(=O)Nc2ccccc2)n1. The maximum Gasteiger partial charge on any atom is 0.246 e. The molecule has 3 aromatic rings. The molecule has 0 saturated carbocycles. The third kappa shape index (κ3) is 7.49. The van der Waals surface area contributed by atoms with Crippen LogP contribution in [-0.2, 0) is 11.2 Å². The molecule has 3 rings (SSSR count). The van der Waals surface area contributed by atoms with Crippen LogP contribution in [0.25, 0.3) is 0 Å². The van der Waals surface area contributed by atoms with E-state index in [4.69, 9.17) is 4.74 Å². The maximum absolute atomic E-state index is 13.0. The van der Waals surface area contributed by atoms with Gasteiger partial charge in [-0.05, 0) is 49.4 Å². The summed E-state index contributed by atoms with van der Waals surface area (Å²) in [6.07, 6.45) is 1.46. The number of methoxy groups -OCH3 is 1. The van der Waals surface area contributed by atoms with Crippen molar-refractivity contribution >= 4 is 23.4 Å². The van der Waals surface area contributed by atoms with Crippen molar-refractivity contribution in [2.45, 2.75) is 39.7 Å². The third-order valence-corrected chi connectivity index (χ3v) is 5.11. The lowest BCUT2D eigenvalue weighted by molar-refractivity contribution is -0.117. The summed E-state index contributed by atoms with van der Waals surface area (Å²) in [6, 6.07) is 18.9. The minimum absolute atomic E-state index is 0.0863. The van der Waals surface area contributed by atoms with E-state index in [9.17, 15) is 4.79 Å². The van der Waals surface area contributed by atoms with Gasteiger partial charge < -0.3 is 20.7 Å². The van der Waals surface area contributed by atoms with Gasteiger partial charge in [0.05, 0.1) is 7.11 Å². The minimum Gasteiger partial charge on any atom is -0.496 e. The number of hydrogen-bond donors (Lipinski definition) is 3. The summed E-state index contributed by atoms with van der Waals surface area (Å²) in [4.78, 5) is 22.1. The first-order valence-corrected chi connectivity index (χ1v) is 11.3. The lowest BCUT2D eigenvalue weighted by atomic mass is 10.0. The average Bonchev–Trinajstić information content (AvgIpc) is 2.79. The van der Waals surface area contributed by atoms with Gasteiger partial charge in [-0.3, -0.25) is 4.79 Å². The predicted molar refractivity (Wildman–Crippen MR) is 134 cm³/mol. The molecule has 0 saturated heterocycles. The zero-order valence-electron chi connectivity index (χ0n) is 19.8. The van der Waals surface area contributed by atoms with Crippen molar-refractivity contribution in [2.24, 2.45) is 5.92 Å². The lowest BCUT2D eigenvalue weighted by Gasteiger charge is -2.21. The zero-order valence-corrected chi connectivity index (χ0v) is 19.8. The van der Waals surface area contributed by atoms with E-state index in [0.29, 0.717) is 30.6 Å². The van der Waals surface area contributed by atoms with Gasteiger partial charge in [-0.2, -0.15) is 4.98 Å². The molecule has 0 spiro atoms. The van der Waals surface area contributed by atoms with Gasteiger partial charge in [0.1, 0.15) is 17.6 Å². The molecule has 0 aliphatic carbocycles. The molecule has 174 valence electrons. The fourth-order valence-electron chi connectivity index (χ4n) is 3.57. The first-order valence-electron chi connectivity index (χ1n) is 11.3. The minimum atomic E-state index is -0.416. The second-order valence-electron chi connectivity index (χ2n) is 8.39. The van der Waals surface area contributed by atoms with Gasteiger partial charge in [-0.15, -0.1) is 0 Å². The van der Waals surface area contributed by atoms with E-state index in [-0.39, 0.29) is 5.91 Å². The number of aromatic nitrogens is 2. The first-order chi connectivity index (χ1) is 15.9. The molecule has 0 unspecified atom stereocenters. The molecule has 3 N–H and O–H groups in total. The van der Waals surface area contributed by atoms with E-state index in [1.165, 1.54) is 0 Å². The molecule has 1 heterocycles. The number of rotatable bonds is 11. The van der Waals surface area contributed by atoms with Gasteiger partial charge in [0.2, 0.25) is 11.9 Å². The fraction of sp³-hybridized carbons (Fsp3) is 0.346. The molecule has 0 aliphatic rings. The highest BCUT2D eigenvalue weighted by atomic mass is 16.5. The quantitative estimate of drug-likeness (QED) is 0.387. The van der Waals surface area contributed by atoms with Crippen molar-refractivity contribution in [1.82, 2.24) is 9.97 Å². The summed E-state index contributed by atoms with van der Waals surface area (Å²) >= 11 is 0. The molecule has 7 heteroatoms. The number of amides is 1. The van der Waals surface area contributed by atoms with Crippen molar-refractivity contribution in [2.75, 3.05) is 29.6 Å². The van der Waals surface area contributed by atoms with Gasteiger partial charge in [-0.1, -0.05) is 50.2 Å². The van der Waals surface area contributed by atoms with E-state index in [2.05, 4.69) is 39.8 Å². The summed E-state index contributed by atoms with van der Waals surface area (Å²) in [5.74, 6) is 2.27. The summed E-state index contributed by atoms with van der Waals surface area (Å²) in [7, 11) is 1.68. The zero-order chi connectivity index (χ0) is 23.6. The Balaban J connectivity index is 1.67. The molecule has 0 fully saturated rings. The average molecular weight is 448 g/mol. The lowest BCUT2D eigenvalue weighted by Crippen LogP contribution is -2.36. The van der Waals surface area contributed by atoms with E-state index >= 15 is 0 Å². The Labute approximate surface area is 196 Å². The highest BCUT2D eigenvalue weighted by Crippen LogP contribution is 2.19. The van der Waals surface area contributed by atoms with Crippen LogP contribution < -0.4 is 20.7 Å². The monoisotopic (exact) mass is 447 g/mol. The van der Waals surface area contributed by atoms with Crippen LogP contribution in [-0.4, -0.2) is 35.6 Å². The van der Waals surface area contributed by atoms with Crippen LogP contribution in [0.1, 0.15) is 31.5 Å². The molecule has 7 nitrogen and oxygen atoms in total. The molecular formula is C26H33N5O2.